The number of nitrogens with one attached hydrogen (secondary N) is 1. The second-order valence-electron chi connectivity index (χ2n) is 4.62. The Morgan fingerprint density at radius 2 is 2.31 bits per heavy atom. The number of piperidine rings is 1. The van der Waals surface area contributed by atoms with Gasteiger partial charge in [0, 0.05) is 25.8 Å². The van der Waals surface area contributed by atoms with Gasteiger partial charge < -0.3 is 5.32 Å². The molecule has 3 heteroatoms. The Hall–Kier alpha value is -1.09. The van der Waals surface area contributed by atoms with Gasteiger partial charge in [-0.2, -0.15) is 0 Å². The van der Waals surface area contributed by atoms with E-state index in [1.807, 2.05) is 19.3 Å². The van der Waals surface area contributed by atoms with Crippen molar-refractivity contribution in [2.45, 2.75) is 38.8 Å². The second kappa shape index (κ2) is 5.30. The summed E-state index contributed by atoms with van der Waals surface area (Å²) in [4.78, 5) is 6.91. The average Bonchev–Trinajstić information content (AvgIpc) is 2.33. The molecule has 2 heterocycles. The highest BCUT2D eigenvalue weighted by molar-refractivity contribution is 5.34. The van der Waals surface area contributed by atoms with Crippen LogP contribution in [0.5, 0.6) is 0 Å². The topological polar surface area (TPSA) is 28.2 Å². The van der Waals surface area contributed by atoms with E-state index < -0.39 is 0 Å². The van der Waals surface area contributed by atoms with Crippen LogP contribution in [0, 0.1) is 0 Å². The number of hydrogen-bond acceptors (Lipinski definition) is 3. The van der Waals surface area contributed by atoms with Gasteiger partial charge in [-0.05, 0) is 37.9 Å². The Bertz CT molecular complexity index is 320. The maximum absolute atomic E-state index is 4.35. The molecule has 1 fully saturated rings. The number of anilines is 1. The highest BCUT2D eigenvalue weighted by Crippen LogP contribution is 2.19. The lowest BCUT2D eigenvalue weighted by atomic mass is 10.0. The molecule has 0 radical (unpaired) electrons. The summed E-state index contributed by atoms with van der Waals surface area (Å²) >= 11 is 0. The summed E-state index contributed by atoms with van der Waals surface area (Å²) in [6.07, 6.45) is 6.04. The smallest absolute Gasteiger partial charge is 0.125 e. The fraction of sp³-hybridized carbons (Fsp3) is 0.615. The van der Waals surface area contributed by atoms with Gasteiger partial charge >= 0.3 is 0 Å². The molecule has 3 nitrogen and oxygen atoms in total. The van der Waals surface area contributed by atoms with E-state index in [4.69, 9.17) is 0 Å². The predicted molar refractivity (Wildman–Crippen MR) is 67.5 cm³/mol. The number of nitrogens with zero attached hydrogens (tertiary/aromatic N) is 2. The fourth-order valence-electron chi connectivity index (χ4n) is 2.29. The Balaban J connectivity index is 1.96. The molecule has 16 heavy (non-hydrogen) atoms. The molecule has 1 unspecified atom stereocenters. The van der Waals surface area contributed by atoms with Gasteiger partial charge in [-0.15, -0.1) is 0 Å². The Morgan fingerprint density at radius 3 is 2.94 bits per heavy atom. The average molecular weight is 219 g/mol. The van der Waals surface area contributed by atoms with Crippen molar-refractivity contribution in [2.75, 3.05) is 18.9 Å². The minimum Gasteiger partial charge on any atom is -0.373 e. The molecule has 1 aliphatic rings. The van der Waals surface area contributed by atoms with Crippen LogP contribution < -0.4 is 5.32 Å². The molecule has 1 aromatic rings. The molecule has 1 saturated heterocycles. The van der Waals surface area contributed by atoms with E-state index in [1.165, 1.54) is 31.4 Å². The van der Waals surface area contributed by atoms with E-state index in [2.05, 4.69) is 28.2 Å². The zero-order chi connectivity index (χ0) is 11.4. The van der Waals surface area contributed by atoms with Crippen molar-refractivity contribution >= 4 is 5.82 Å². The lowest BCUT2D eigenvalue weighted by molar-refractivity contribution is 0.152. The molecule has 0 spiro atoms. The molecule has 0 amide bonds. The van der Waals surface area contributed by atoms with Gasteiger partial charge in [-0.1, -0.05) is 12.5 Å². The summed E-state index contributed by atoms with van der Waals surface area (Å²) in [6, 6.07) is 4.93. The third-order valence-corrected chi connectivity index (χ3v) is 3.41. The molecule has 88 valence electrons. The van der Waals surface area contributed by atoms with Crippen molar-refractivity contribution in [1.82, 2.24) is 9.88 Å². The SMILES string of the molecule is CNc1ccc(CN2CCCCC2C)cn1. The third kappa shape index (κ3) is 2.73. The zero-order valence-corrected chi connectivity index (χ0v) is 10.2. The monoisotopic (exact) mass is 219 g/mol. The van der Waals surface area contributed by atoms with Crippen molar-refractivity contribution in [2.24, 2.45) is 0 Å². The van der Waals surface area contributed by atoms with Crippen LogP contribution in [0.3, 0.4) is 0 Å². The molecule has 1 aliphatic heterocycles. The quantitative estimate of drug-likeness (QED) is 0.846. The summed E-state index contributed by atoms with van der Waals surface area (Å²) in [6.45, 7) is 4.60. The fourth-order valence-corrected chi connectivity index (χ4v) is 2.29. The van der Waals surface area contributed by atoms with Crippen LogP contribution >= 0.6 is 0 Å². The highest BCUT2D eigenvalue weighted by atomic mass is 15.2. The molecule has 0 bridgehead atoms. The van der Waals surface area contributed by atoms with Crippen LogP contribution in [-0.4, -0.2) is 29.5 Å². The molecular weight excluding hydrogens is 198 g/mol. The van der Waals surface area contributed by atoms with Gasteiger partial charge in [0.25, 0.3) is 0 Å². The van der Waals surface area contributed by atoms with Gasteiger partial charge in [0.1, 0.15) is 5.82 Å². The molecule has 2 rings (SSSR count). The summed E-state index contributed by atoms with van der Waals surface area (Å²) < 4.78 is 0. The molecule has 1 aromatic heterocycles. The van der Waals surface area contributed by atoms with Crippen molar-refractivity contribution in [3.63, 3.8) is 0 Å². The Kier molecular flexibility index (Phi) is 3.78. The predicted octanol–water partition coefficient (Wildman–Crippen LogP) is 2.50. The second-order valence-corrected chi connectivity index (χ2v) is 4.62. The highest BCUT2D eigenvalue weighted by Gasteiger charge is 2.17. The maximum Gasteiger partial charge on any atom is 0.125 e. The van der Waals surface area contributed by atoms with Crippen molar-refractivity contribution in [3.05, 3.63) is 23.9 Å². The zero-order valence-electron chi connectivity index (χ0n) is 10.2. The van der Waals surface area contributed by atoms with E-state index >= 15 is 0 Å². The van der Waals surface area contributed by atoms with Crippen LogP contribution in [0.4, 0.5) is 5.82 Å². The van der Waals surface area contributed by atoms with Gasteiger partial charge in [-0.3, -0.25) is 4.90 Å². The van der Waals surface area contributed by atoms with Gasteiger partial charge in [-0.25, -0.2) is 4.98 Å². The largest absolute Gasteiger partial charge is 0.373 e. The lowest BCUT2D eigenvalue weighted by Crippen LogP contribution is -2.36. The van der Waals surface area contributed by atoms with Crippen LogP contribution in [0.25, 0.3) is 0 Å². The number of aromatic nitrogens is 1. The van der Waals surface area contributed by atoms with Gasteiger partial charge in [0.2, 0.25) is 0 Å². The number of hydrogen-bond donors (Lipinski definition) is 1. The molecule has 0 saturated carbocycles. The van der Waals surface area contributed by atoms with E-state index in [-0.39, 0.29) is 0 Å². The standard InChI is InChI=1S/C13H21N3/c1-11-5-3-4-8-16(11)10-12-6-7-13(14-2)15-9-12/h6-7,9,11H,3-5,8,10H2,1-2H3,(H,14,15). The number of rotatable bonds is 3. The Morgan fingerprint density at radius 1 is 1.44 bits per heavy atom. The van der Waals surface area contributed by atoms with Gasteiger partial charge in [0.05, 0.1) is 0 Å². The van der Waals surface area contributed by atoms with Crippen LogP contribution in [0.15, 0.2) is 18.3 Å². The first-order chi connectivity index (χ1) is 7.79. The summed E-state index contributed by atoms with van der Waals surface area (Å²) in [5.41, 5.74) is 1.31. The van der Waals surface area contributed by atoms with E-state index in [0.717, 1.165) is 18.4 Å². The minimum atomic E-state index is 0.720. The normalized spacial score (nSPS) is 22.0. The van der Waals surface area contributed by atoms with E-state index in [9.17, 15) is 0 Å². The summed E-state index contributed by atoms with van der Waals surface area (Å²) in [5.74, 6) is 0.940. The molecule has 0 aliphatic carbocycles. The first-order valence-corrected chi connectivity index (χ1v) is 6.16. The first kappa shape index (κ1) is 11.4. The van der Waals surface area contributed by atoms with Crippen LogP contribution in [0.1, 0.15) is 31.7 Å². The molecular formula is C13H21N3. The first-order valence-electron chi connectivity index (χ1n) is 6.16. The molecule has 1 N–H and O–H groups in total. The Labute approximate surface area is 97.9 Å². The van der Waals surface area contributed by atoms with Crippen molar-refractivity contribution in [1.29, 1.82) is 0 Å². The minimum absolute atomic E-state index is 0.720. The third-order valence-electron chi connectivity index (χ3n) is 3.41. The van der Waals surface area contributed by atoms with E-state index in [1.54, 1.807) is 0 Å². The van der Waals surface area contributed by atoms with Crippen molar-refractivity contribution < 1.29 is 0 Å². The summed E-state index contributed by atoms with van der Waals surface area (Å²) in [7, 11) is 1.90. The number of pyridine rings is 1. The van der Waals surface area contributed by atoms with Crippen LogP contribution in [0.2, 0.25) is 0 Å². The molecule has 1 atom stereocenters. The number of likely N-dealkylation sites (tertiary alicyclic amines) is 1. The lowest BCUT2D eigenvalue weighted by Gasteiger charge is -2.33. The van der Waals surface area contributed by atoms with Crippen molar-refractivity contribution in [3.8, 4) is 0 Å². The summed E-state index contributed by atoms with van der Waals surface area (Å²) in [5, 5.41) is 3.04. The van der Waals surface area contributed by atoms with Crippen LogP contribution in [-0.2, 0) is 6.54 Å². The van der Waals surface area contributed by atoms with Gasteiger partial charge in [0.15, 0.2) is 0 Å². The van der Waals surface area contributed by atoms with E-state index in [0.29, 0.717) is 0 Å². The maximum atomic E-state index is 4.35. The molecule has 0 aromatic carbocycles.